The smallest absolute Gasteiger partial charge is 0.225 e. The topological polar surface area (TPSA) is 97.4 Å². The summed E-state index contributed by atoms with van der Waals surface area (Å²) < 4.78 is 12.5. The van der Waals surface area contributed by atoms with Crippen LogP contribution in [0.5, 0.6) is 17.2 Å². The number of amides is 1. The minimum atomic E-state index is -0.0108. The maximum atomic E-state index is 11.7. The van der Waals surface area contributed by atoms with E-state index in [0.717, 1.165) is 34.1 Å². The number of anilines is 1. The summed E-state index contributed by atoms with van der Waals surface area (Å²) in [5, 5.41) is 9.88. The molecule has 164 valence electrons. The summed E-state index contributed by atoms with van der Waals surface area (Å²) in [5.74, 6) is 3.66. The molecule has 3 N–H and O–H groups in total. The van der Waals surface area contributed by atoms with Crippen LogP contribution in [0.3, 0.4) is 0 Å². The van der Waals surface area contributed by atoms with Gasteiger partial charge in [0.2, 0.25) is 5.91 Å². The summed E-state index contributed by atoms with van der Waals surface area (Å²) in [4.78, 5) is 20.0. The van der Waals surface area contributed by atoms with Gasteiger partial charge in [-0.25, -0.2) is 4.98 Å². The quantitative estimate of drug-likeness (QED) is 0.575. The van der Waals surface area contributed by atoms with Crippen molar-refractivity contribution in [2.45, 2.75) is 31.0 Å². The second-order valence-electron chi connectivity index (χ2n) is 8.75. The third-order valence-electron chi connectivity index (χ3n) is 6.81. The second kappa shape index (κ2) is 6.96. The van der Waals surface area contributed by atoms with Crippen molar-refractivity contribution < 1.29 is 14.3 Å². The minimum Gasteiger partial charge on any atom is -0.489 e. The Morgan fingerprint density at radius 3 is 2.88 bits per heavy atom. The predicted molar refractivity (Wildman–Crippen MR) is 121 cm³/mol. The zero-order valence-corrected chi connectivity index (χ0v) is 17.6. The van der Waals surface area contributed by atoms with Crippen molar-refractivity contribution in [2.75, 3.05) is 5.32 Å². The van der Waals surface area contributed by atoms with Gasteiger partial charge in [-0.3, -0.25) is 9.78 Å². The highest BCUT2D eigenvalue weighted by Crippen LogP contribution is 2.60. The van der Waals surface area contributed by atoms with E-state index in [-0.39, 0.29) is 18.2 Å². The molecule has 0 spiro atoms. The molecule has 7 rings (SSSR count). The molecule has 8 heteroatoms. The number of aromatic nitrogens is 2. The van der Waals surface area contributed by atoms with Gasteiger partial charge in [0.05, 0.1) is 5.70 Å². The molecular weight excluding hydrogens is 418 g/mol. The van der Waals surface area contributed by atoms with Crippen LogP contribution >= 0.6 is 0 Å². The third-order valence-corrected chi connectivity index (χ3v) is 6.81. The Bertz CT molecular complexity index is 1310. The fourth-order valence-electron chi connectivity index (χ4n) is 5.15. The molecule has 1 saturated carbocycles. The van der Waals surface area contributed by atoms with E-state index in [2.05, 4.69) is 32.0 Å². The number of hydrogen-bond acceptors (Lipinski definition) is 7. The van der Waals surface area contributed by atoms with Crippen LogP contribution in [-0.2, 0) is 11.2 Å². The van der Waals surface area contributed by atoms with E-state index in [1.165, 1.54) is 5.56 Å². The van der Waals surface area contributed by atoms with Gasteiger partial charge in [-0.2, -0.15) is 0 Å². The maximum absolute atomic E-state index is 11.7. The van der Waals surface area contributed by atoms with E-state index in [4.69, 9.17) is 9.47 Å². The number of fused-ring (bicyclic) bond motifs is 4. The molecule has 1 aliphatic carbocycles. The monoisotopic (exact) mass is 439 g/mol. The average molecular weight is 439 g/mol. The molecular formula is C25H21N5O3. The maximum Gasteiger partial charge on any atom is 0.225 e. The second-order valence-corrected chi connectivity index (χ2v) is 8.75. The lowest BCUT2D eigenvalue weighted by atomic mass is 10.1. The van der Waals surface area contributed by atoms with Gasteiger partial charge in [0, 0.05) is 59.7 Å². The lowest BCUT2D eigenvalue weighted by Crippen LogP contribution is -2.36. The Kier molecular flexibility index (Phi) is 3.90. The Morgan fingerprint density at radius 2 is 1.97 bits per heavy atom. The first-order valence-corrected chi connectivity index (χ1v) is 11.1. The number of benzene rings is 1. The first-order chi connectivity index (χ1) is 16.2. The highest BCUT2D eigenvalue weighted by Gasteiger charge is 2.62. The Hall–Kier alpha value is -4.07. The zero-order chi connectivity index (χ0) is 21.9. The fraction of sp³-hybridized carbons (Fsp3) is 0.240. The van der Waals surface area contributed by atoms with Crippen molar-refractivity contribution in [1.29, 1.82) is 0 Å². The summed E-state index contributed by atoms with van der Waals surface area (Å²) in [6.07, 6.45) is 8.63. The molecule has 1 fully saturated rings. The summed E-state index contributed by atoms with van der Waals surface area (Å²) in [5.41, 5.74) is 4.30. The van der Waals surface area contributed by atoms with Crippen molar-refractivity contribution in [2.24, 2.45) is 5.92 Å². The highest BCUT2D eigenvalue weighted by molar-refractivity contribution is 5.93. The van der Waals surface area contributed by atoms with E-state index in [9.17, 15) is 4.79 Å². The molecule has 2 aromatic heterocycles. The number of rotatable bonds is 4. The van der Waals surface area contributed by atoms with Gasteiger partial charge in [0.25, 0.3) is 0 Å². The average Bonchev–Trinajstić information content (AvgIpc) is 3.17. The Labute approximate surface area is 190 Å². The van der Waals surface area contributed by atoms with Gasteiger partial charge in [0.1, 0.15) is 35.3 Å². The van der Waals surface area contributed by atoms with E-state index in [0.29, 0.717) is 30.5 Å². The zero-order valence-electron chi connectivity index (χ0n) is 17.6. The molecule has 8 nitrogen and oxygen atoms in total. The molecule has 4 atom stereocenters. The lowest BCUT2D eigenvalue weighted by molar-refractivity contribution is -0.116. The predicted octanol–water partition coefficient (Wildman–Crippen LogP) is 3.15. The van der Waals surface area contributed by atoms with Crippen molar-refractivity contribution >= 4 is 17.4 Å². The fourth-order valence-corrected chi connectivity index (χ4v) is 5.15. The molecule has 3 aliphatic heterocycles. The third kappa shape index (κ3) is 3.01. The molecule has 1 aromatic carbocycles. The molecule has 0 saturated heterocycles. The first kappa shape index (κ1) is 18.5. The molecule has 3 aromatic rings. The van der Waals surface area contributed by atoms with Crippen LogP contribution in [0.25, 0.3) is 5.70 Å². The Morgan fingerprint density at radius 1 is 1.06 bits per heavy atom. The van der Waals surface area contributed by atoms with Crippen molar-refractivity contribution in [1.82, 2.24) is 20.6 Å². The van der Waals surface area contributed by atoms with Gasteiger partial charge in [0.15, 0.2) is 0 Å². The number of ether oxygens (including phenoxy) is 2. The van der Waals surface area contributed by atoms with Crippen LogP contribution in [0, 0.1) is 5.92 Å². The number of nitrogens with zero attached hydrogens (tertiary/aromatic N) is 2. The number of pyridine rings is 2. The van der Waals surface area contributed by atoms with Gasteiger partial charge in [-0.05, 0) is 42.8 Å². The molecule has 4 unspecified atom stereocenters. The molecule has 33 heavy (non-hydrogen) atoms. The van der Waals surface area contributed by atoms with Crippen LogP contribution < -0.4 is 25.4 Å². The number of hydrogen-bond donors (Lipinski definition) is 3. The van der Waals surface area contributed by atoms with Gasteiger partial charge < -0.3 is 25.4 Å². The van der Waals surface area contributed by atoms with Crippen LogP contribution in [0.15, 0.2) is 61.2 Å². The van der Waals surface area contributed by atoms with E-state index in [1.807, 2.05) is 36.5 Å². The van der Waals surface area contributed by atoms with Crippen molar-refractivity contribution in [3.05, 3.63) is 77.9 Å². The van der Waals surface area contributed by atoms with E-state index >= 15 is 0 Å². The standard InChI is InChI=1S/C25H21N5O3/c31-20-4-2-15-19(7-10-27-24(15)30-20)32-14-1-3-18-16(11-14)21-22(23(21)33-18)25-28-12-17(29-25)13-5-8-26-9-6-13/h1,3,5-12,21-23,25,28-29H,2,4H2,(H,27,30,31). The molecule has 1 amide bonds. The van der Waals surface area contributed by atoms with Crippen molar-refractivity contribution in [3.63, 3.8) is 0 Å². The van der Waals surface area contributed by atoms with Crippen LogP contribution in [0.2, 0.25) is 0 Å². The number of carbonyl (C=O) groups is 1. The van der Waals surface area contributed by atoms with Crippen molar-refractivity contribution in [3.8, 4) is 17.2 Å². The normalized spacial score (nSPS) is 25.9. The van der Waals surface area contributed by atoms with Gasteiger partial charge in [-0.1, -0.05) is 0 Å². The summed E-state index contributed by atoms with van der Waals surface area (Å²) in [7, 11) is 0. The largest absolute Gasteiger partial charge is 0.489 e. The van der Waals surface area contributed by atoms with Gasteiger partial charge >= 0.3 is 0 Å². The summed E-state index contributed by atoms with van der Waals surface area (Å²) in [6.45, 7) is 0. The number of nitrogens with one attached hydrogen (secondary N) is 3. The van der Waals surface area contributed by atoms with Crippen LogP contribution in [-0.4, -0.2) is 28.1 Å². The van der Waals surface area contributed by atoms with E-state index in [1.54, 1.807) is 18.6 Å². The molecule has 4 aliphatic rings. The highest BCUT2D eigenvalue weighted by atomic mass is 16.5. The Balaban J connectivity index is 1.09. The molecule has 0 bridgehead atoms. The summed E-state index contributed by atoms with van der Waals surface area (Å²) >= 11 is 0. The van der Waals surface area contributed by atoms with Crippen LogP contribution in [0.4, 0.5) is 5.82 Å². The summed E-state index contributed by atoms with van der Waals surface area (Å²) in [6, 6.07) is 11.8. The number of carbonyl (C=O) groups excluding carboxylic acids is 1. The molecule has 0 radical (unpaired) electrons. The van der Waals surface area contributed by atoms with Crippen LogP contribution in [0.1, 0.15) is 29.0 Å². The van der Waals surface area contributed by atoms with E-state index < -0.39 is 0 Å². The molecule has 5 heterocycles. The lowest BCUT2D eigenvalue weighted by Gasteiger charge is -2.19. The van der Waals surface area contributed by atoms with Gasteiger partial charge in [-0.15, -0.1) is 0 Å². The SMILES string of the molecule is O=C1CCc2c(Oc3ccc4c(c3)C3C(O4)C3C3NC=C(c4ccncc4)N3)ccnc2N1. The minimum absolute atomic E-state index is 0.0108. The first-order valence-electron chi connectivity index (χ1n) is 11.1.